The number of nitrogens with one attached hydrogen (secondary N) is 2. The number of aryl methyl sites for hydroxylation is 2. The Morgan fingerprint density at radius 3 is 2.74 bits per heavy atom. The lowest BCUT2D eigenvalue weighted by Crippen LogP contribution is -2.25. The monoisotopic (exact) mass is 310 g/mol. The Hall–Kier alpha value is -2.62. The van der Waals surface area contributed by atoms with Gasteiger partial charge in [0.05, 0.1) is 6.42 Å². The zero-order chi connectivity index (χ0) is 16.4. The van der Waals surface area contributed by atoms with Crippen LogP contribution in [0, 0.1) is 19.7 Å². The molecule has 0 atom stereocenters. The zero-order valence-corrected chi connectivity index (χ0v) is 13.2. The van der Waals surface area contributed by atoms with Gasteiger partial charge < -0.3 is 10.3 Å². The second-order valence-electron chi connectivity index (χ2n) is 5.82. The van der Waals surface area contributed by atoms with Crippen LogP contribution in [0.4, 0.5) is 4.39 Å². The quantitative estimate of drug-likeness (QED) is 0.757. The summed E-state index contributed by atoms with van der Waals surface area (Å²) in [6.07, 6.45) is 0.281. The van der Waals surface area contributed by atoms with E-state index in [2.05, 4.69) is 16.4 Å². The number of carbonyl (C=O) groups excluding carboxylic acids is 1. The molecule has 0 unspecified atom stereocenters. The molecule has 3 rings (SSSR count). The summed E-state index contributed by atoms with van der Waals surface area (Å²) in [7, 11) is 0. The summed E-state index contributed by atoms with van der Waals surface area (Å²) in [5, 5.41) is 3.86. The van der Waals surface area contributed by atoms with Crippen molar-refractivity contribution in [3.63, 3.8) is 0 Å². The van der Waals surface area contributed by atoms with E-state index in [0.717, 1.165) is 27.7 Å². The van der Waals surface area contributed by atoms with Gasteiger partial charge in [0.15, 0.2) is 0 Å². The highest BCUT2D eigenvalue weighted by Gasteiger charge is 2.13. The molecule has 0 bridgehead atoms. The Labute approximate surface area is 134 Å². The number of fused-ring (bicyclic) bond motifs is 1. The summed E-state index contributed by atoms with van der Waals surface area (Å²) in [5.41, 5.74) is 4.67. The smallest absolute Gasteiger partial charge is 0.224 e. The molecule has 3 nitrogen and oxygen atoms in total. The molecule has 0 radical (unpaired) electrons. The van der Waals surface area contributed by atoms with Crippen LogP contribution in [0.2, 0.25) is 0 Å². The van der Waals surface area contributed by atoms with Crippen LogP contribution in [0.1, 0.15) is 22.4 Å². The number of halogens is 1. The molecule has 1 amide bonds. The summed E-state index contributed by atoms with van der Waals surface area (Å²) in [6, 6.07) is 12.6. The van der Waals surface area contributed by atoms with Crippen molar-refractivity contribution < 1.29 is 9.18 Å². The van der Waals surface area contributed by atoms with Gasteiger partial charge in [0, 0.05) is 28.7 Å². The average molecular weight is 310 g/mol. The SMILES string of the molecule is Cc1ccc2[nH]c(C)c(CC(=O)NCc3ccccc3F)c2c1. The summed E-state index contributed by atoms with van der Waals surface area (Å²) < 4.78 is 13.6. The molecule has 0 saturated carbocycles. The van der Waals surface area contributed by atoms with Crippen LogP contribution in [-0.4, -0.2) is 10.9 Å². The standard InChI is InChI=1S/C19H19FN2O/c1-12-7-8-18-16(9-12)15(13(2)22-18)10-19(23)21-11-14-5-3-4-6-17(14)20/h3-9,22H,10-11H2,1-2H3,(H,21,23). The highest BCUT2D eigenvalue weighted by atomic mass is 19.1. The molecule has 0 saturated heterocycles. The van der Waals surface area contributed by atoms with Gasteiger partial charge in [-0.3, -0.25) is 4.79 Å². The molecular formula is C19H19FN2O. The van der Waals surface area contributed by atoms with E-state index in [4.69, 9.17) is 0 Å². The molecule has 0 aliphatic heterocycles. The number of aromatic nitrogens is 1. The molecule has 0 aliphatic rings. The van der Waals surface area contributed by atoms with E-state index >= 15 is 0 Å². The lowest BCUT2D eigenvalue weighted by atomic mass is 10.1. The maximum atomic E-state index is 13.6. The first-order valence-corrected chi connectivity index (χ1v) is 7.62. The fourth-order valence-electron chi connectivity index (χ4n) is 2.78. The second-order valence-corrected chi connectivity index (χ2v) is 5.82. The van der Waals surface area contributed by atoms with Crippen molar-refractivity contribution in [3.8, 4) is 0 Å². The van der Waals surface area contributed by atoms with Crippen molar-refractivity contribution in [3.05, 3.63) is 70.7 Å². The number of benzene rings is 2. The predicted octanol–water partition coefficient (Wildman–Crippen LogP) is 3.78. The molecule has 2 aromatic carbocycles. The van der Waals surface area contributed by atoms with E-state index < -0.39 is 0 Å². The van der Waals surface area contributed by atoms with Crippen LogP contribution in [0.15, 0.2) is 42.5 Å². The lowest BCUT2D eigenvalue weighted by Gasteiger charge is -2.07. The molecule has 1 heterocycles. The third kappa shape index (κ3) is 3.26. The Bertz CT molecular complexity index is 867. The van der Waals surface area contributed by atoms with Crippen LogP contribution in [-0.2, 0) is 17.8 Å². The molecular weight excluding hydrogens is 291 g/mol. The minimum absolute atomic E-state index is 0.112. The molecule has 3 aromatic rings. The average Bonchev–Trinajstić information content (AvgIpc) is 2.82. The van der Waals surface area contributed by atoms with Gasteiger partial charge in [-0.1, -0.05) is 29.8 Å². The van der Waals surface area contributed by atoms with Crippen molar-refractivity contribution in [1.29, 1.82) is 0 Å². The van der Waals surface area contributed by atoms with Crippen LogP contribution >= 0.6 is 0 Å². The number of hydrogen-bond donors (Lipinski definition) is 2. The number of H-pyrrole nitrogens is 1. The fourth-order valence-corrected chi connectivity index (χ4v) is 2.78. The minimum atomic E-state index is -0.299. The molecule has 1 aromatic heterocycles. The van der Waals surface area contributed by atoms with Crippen molar-refractivity contribution in [2.45, 2.75) is 26.8 Å². The summed E-state index contributed by atoms with van der Waals surface area (Å²) in [5.74, 6) is -0.412. The number of aromatic amines is 1. The Kier molecular flexibility index (Phi) is 4.15. The normalized spacial score (nSPS) is 10.9. The van der Waals surface area contributed by atoms with Gasteiger partial charge in [-0.2, -0.15) is 0 Å². The highest BCUT2D eigenvalue weighted by molar-refractivity contribution is 5.90. The molecule has 4 heteroatoms. The second kappa shape index (κ2) is 6.24. The first-order chi connectivity index (χ1) is 11.0. The van der Waals surface area contributed by atoms with Crippen LogP contribution in [0.25, 0.3) is 10.9 Å². The molecule has 2 N–H and O–H groups in total. The molecule has 0 fully saturated rings. The Morgan fingerprint density at radius 1 is 1.17 bits per heavy atom. The van der Waals surface area contributed by atoms with E-state index in [1.807, 2.05) is 26.0 Å². The first kappa shape index (κ1) is 15.3. The van der Waals surface area contributed by atoms with Gasteiger partial charge in [-0.05, 0) is 37.6 Å². The van der Waals surface area contributed by atoms with Crippen LogP contribution in [0.3, 0.4) is 0 Å². The maximum Gasteiger partial charge on any atom is 0.224 e. The van der Waals surface area contributed by atoms with Gasteiger partial charge in [-0.15, -0.1) is 0 Å². The van der Waals surface area contributed by atoms with E-state index in [9.17, 15) is 9.18 Å². The minimum Gasteiger partial charge on any atom is -0.358 e. The third-order valence-electron chi connectivity index (χ3n) is 4.05. The van der Waals surface area contributed by atoms with Crippen LogP contribution < -0.4 is 5.32 Å². The van der Waals surface area contributed by atoms with E-state index in [1.165, 1.54) is 6.07 Å². The third-order valence-corrected chi connectivity index (χ3v) is 4.05. The lowest BCUT2D eigenvalue weighted by molar-refractivity contribution is -0.120. The molecule has 0 spiro atoms. The van der Waals surface area contributed by atoms with Crippen LogP contribution in [0.5, 0.6) is 0 Å². The molecule has 23 heavy (non-hydrogen) atoms. The van der Waals surface area contributed by atoms with Gasteiger partial charge in [-0.25, -0.2) is 4.39 Å². The van der Waals surface area contributed by atoms with Crippen molar-refractivity contribution in [2.75, 3.05) is 0 Å². The van der Waals surface area contributed by atoms with Crippen molar-refractivity contribution >= 4 is 16.8 Å². The van der Waals surface area contributed by atoms with E-state index in [-0.39, 0.29) is 24.7 Å². The number of hydrogen-bond acceptors (Lipinski definition) is 1. The van der Waals surface area contributed by atoms with Crippen molar-refractivity contribution in [2.24, 2.45) is 0 Å². The maximum absolute atomic E-state index is 13.6. The van der Waals surface area contributed by atoms with Gasteiger partial charge in [0.25, 0.3) is 0 Å². The van der Waals surface area contributed by atoms with E-state index in [1.54, 1.807) is 18.2 Å². The topological polar surface area (TPSA) is 44.9 Å². The molecule has 0 aliphatic carbocycles. The first-order valence-electron chi connectivity index (χ1n) is 7.62. The van der Waals surface area contributed by atoms with Crippen molar-refractivity contribution in [1.82, 2.24) is 10.3 Å². The van der Waals surface area contributed by atoms with E-state index in [0.29, 0.717) is 5.56 Å². The fraction of sp³-hybridized carbons (Fsp3) is 0.211. The number of carbonyl (C=O) groups is 1. The van der Waals surface area contributed by atoms with Gasteiger partial charge >= 0.3 is 0 Å². The Balaban J connectivity index is 1.74. The number of rotatable bonds is 4. The van der Waals surface area contributed by atoms with Gasteiger partial charge in [0.2, 0.25) is 5.91 Å². The summed E-state index contributed by atoms with van der Waals surface area (Å²) in [4.78, 5) is 15.5. The zero-order valence-electron chi connectivity index (χ0n) is 13.2. The number of amides is 1. The summed E-state index contributed by atoms with van der Waals surface area (Å²) in [6.45, 7) is 4.20. The predicted molar refractivity (Wildman–Crippen MR) is 89.7 cm³/mol. The molecule has 118 valence electrons. The summed E-state index contributed by atoms with van der Waals surface area (Å²) >= 11 is 0. The Morgan fingerprint density at radius 2 is 1.96 bits per heavy atom. The van der Waals surface area contributed by atoms with Gasteiger partial charge in [0.1, 0.15) is 5.82 Å². The highest BCUT2D eigenvalue weighted by Crippen LogP contribution is 2.23. The largest absolute Gasteiger partial charge is 0.358 e.